The lowest BCUT2D eigenvalue weighted by molar-refractivity contribution is 0.284. The summed E-state index contributed by atoms with van der Waals surface area (Å²) in [5.74, 6) is 1.45. The summed E-state index contributed by atoms with van der Waals surface area (Å²) in [4.78, 5) is 3.33. The molecule has 0 bridgehead atoms. The van der Waals surface area contributed by atoms with E-state index in [1.54, 1.807) is 7.11 Å². The van der Waals surface area contributed by atoms with E-state index < -0.39 is 0 Å². The van der Waals surface area contributed by atoms with E-state index in [-0.39, 0.29) is 0 Å². The molecule has 154 valence electrons. The summed E-state index contributed by atoms with van der Waals surface area (Å²) < 4.78 is 11.5. The highest BCUT2D eigenvalue weighted by molar-refractivity contribution is 6.30. The molecule has 1 aromatic heterocycles. The molecule has 0 saturated carbocycles. The first-order valence-corrected chi connectivity index (χ1v) is 10.4. The molecule has 2 N–H and O–H groups in total. The summed E-state index contributed by atoms with van der Waals surface area (Å²) in [7, 11) is 1.66. The van der Waals surface area contributed by atoms with Crippen molar-refractivity contribution in [2.45, 2.75) is 19.6 Å². The average molecular weight is 421 g/mol. The van der Waals surface area contributed by atoms with Gasteiger partial charge in [-0.3, -0.25) is 0 Å². The van der Waals surface area contributed by atoms with Gasteiger partial charge in [-0.15, -0.1) is 0 Å². The number of aromatic amines is 1. The van der Waals surface area contributed by atoms with E-state index in [2.05, 4.69) is 46.8 Å². The van der Waals surface area contributed by atoms with Crippen molar-refractivity contribution in [3.63, 3.8) is 0 Å². The van der Waals surface area contributed by atoms with Crippen molar-refractivity contribution >= 4 is 22.5 Å². The van der Waals surface area contributed by atoms with Crippen LogP contribution in [0, 0.1) is 0 Å². The molecule has 0 aliphatic rings. The van der Waals surface area contributed by atoms with Crippen LogP contribution < -0.4 is 14.8 Å². The maximum Gasteiger partial charge on any atom is 0.161 e. The Labute approximate surface area is 181 Å². The quantitative estimate of drug-likeness (QED) is 0.339. The number of methoxy groups -OCH3 is 1. The van der Waals surface area contributed by atoms with Crippen molar-refractivity contribution in [1.82, 2.24) is 10.3 Å². The van der Waals surface area contributed by atoms with Crippen molar-refractivity contribution in [1.29, 1.82) is 0 Å². The van der Waals surface area contributed by atoms with Crippen LogP contribution in [0.4, 0.5) is 0 Å². The molecule has 0 spiro atoms. The molecule has 0 radical (unpaired) electrons. The van der Waals surface area contributed by atoms with Crippen LogP contribution in [0.15, 0.2) is 72.9 Å². The maximum absolute atomic E-state index is 6.04. The molecule has 30 heavy (non-hydrogen) atoms. The van der Waals surface area contributed by atoms with Crippen LogP contribution in [0.25, 0.3) is 10.9 Å². The number of nitrogens with one attached hydrogen (secondary N) is 2. The summed E-state index contributed by atoms with van der Waals surface area (Å²) in [6.45, 7) is 2.11. The molecule has 1 heterocycles. The fraction of sp³-hybridized carbons (Fsp3) is 0.200. The molecular weight excluding hydrogens is 396 g/mol. The molecule has 3 aromatic carbocycles. The first kappa shape index (κ1) is 20.3. The number of rotatable bonds is 9. The molecule has 0 fully saturated rings. The molecule has 0 unspecified atom stereocenters. The Morgan fingerprint density at radius 1 is 0.933 bits per heavy atom. The van der Waals surface area contributed by atoms with Crippen LogP contribution in [0.5, 0.6) is 11.5 Å². The van der Waals surface area contributed by atoms with Crippen LogP contribution in [0.3, 0.4) is 0 Å². The highest BCUT2D eigenvalue weighted by atomic mass is 35.5. The lowest BCUT2D eigenvalue weighted by Gasteiger charge is -2.13. The summed E-state index contributed by atoms with van der Waals surface area (Å²) in [5.41, 5.74) is 4.69. The SMILES string of the molecule is COc1cc(CNCCc2c[nH]c3ccccc23)ccc1OCc1cccc(Cl)c1. The van der Waals surface area contributed by atoms with E-state index in [0.29, 0.717) is 11.6 Å². The standard InChI is InChI=1S/C25H25ClN2O2/c1-29-25-14-18(9-10-24(25)30-17-19-5-4-6-21(26)13-19)15-27-12-11-20-16-28-23-8-3-2-7-22(20)23/h2-10,13-14,16,27-28H,11-12,15,17H2,1H3. The largest absolute Gasteiger partial charge is 0.493 e. The van der Waals surface area contributed by atoms with Gasteiger partial charge in [0, 0.05) is 28.7 Å². The van der Waals surface area contributed by atoms with Crippen LogP contribution in [0.2, 0.25) is 5.02 Å². The van der Waals surface area contributed by atoms with Crippen LogP contribution >= 0.6 is 11.6 Å². The molecule has 4 aromatic rings. The van der Waals surface area contributed by atoms with Gasteiger partial charge in [0.05, 0.1) is 7.11 Å². The molecule has 0 aliphatic carbocycles. The van der Waals surface area contributed by atoms with Crippen LogP contribution in [-0.2, 0) is 19.6 Å². The van der Waals surface area contributed by atoms with Crippen LogP contribution in [0.1, 0.15) is 16.7 Å². The number of benzene rings is 3. The Morgan fingerprint density at radius 3 is 2.70 bits per heavy atom. The monoisotopic (exact) mass is 420 g/mol. The average Bonchev–Trinajstić information content (AvgIpc) is 3.19. The normalized spacial score (nSPS) is 11.0. The van der Waals surface area contributed by atoms with Gasteiger partial charge in [-0.05, 0) is 60.0 Å². The third kappa shape index (κ3) is 4.96. The van der Waals surface area contributed by atoms with E-state index in [1.165, 1.54) is 16.5 Å². The third-order valence-electron chi connectivity index (χ3n) is 5.09. The second-order valence-electron chi connectivity index (χ2n) is 7.19. The Hall–Kier alpha value is -2.95. The smallest absolute Gasteiger partial charge is 0.161 e. The predicted octanol–water partition coefficient (Wildman–Crippen LogP) is 5.74. The van der Waals surface area contributed by atoms with Gasteiger partial charge >= 0.3 is 0 Å². The van der Waals surface area contributed by atoms with Gasteiger partial charge in [-0.1, -0.05) is 48.0 Å². The molecule has 5 heteroatoms. The molecule has 0 saturated heterocycles. The lowest BCUT2D eigenvalue weighted by atomic mass is 10.1. The van der Waals surface area contributed by atoms with Gasteiger partial charge in [-0.25, -0.2) is 0 Å². The summed E-state index contributed by atoms with van der Waals surface area (Å²) in [6, 6.07) is 22.1. The van der Waals surface area contributed by atoms with Gasteiger partial charge in [-0.2, -0.15) is 0 Å². The van der Waals surface area contributed by atoms with E-state index in [9.17, 15) is 0 Å². The topological polar surface area (TPSA) is 46.3 Å². The number of hydrogen-bond acceptors (Lipinski definition) is 3. The molecular formula is C25H25ClN2O2. The van der Waals surface area contributed by atoms with Crippen molar-refractivity contribution in [2.75, 3.05) is 13.7 Å². The fourth-order valence-electron chi connectivity index (χ4n) is 3.52. The van der Waals surface area contributed by atoms with Gasteiger partial charge in [0.25, 0.3) is 0 Å². The number of fused-ring (bicyclic) bond motifs is 1. The minimum absolute atomic E-state index is 0.444. The van der Waals surface area contributed by atoms with Gasteiger partial charge < -0.3 is 19.8 Å². The lowest BCUT2D eigenvalue weighted by Crippen LogP contribution is -2.16. The summed E-state index contributed by atoms with van der Waals surface area (Å²) in [6.07, 6.45) is 3.07. The van der Waals surface area contributed by atoms with Crippen molar-refractivity contribution in [3.8, 4) is 11.5 Å². The highest BCUT2D eigenvalue weighted by Gasteiger charge is 2.07. The van der Waals surface area contributed by atoms with E-state index in [4.69, 9.17) is 21.1 Å². The first-order valence-electron chi connectivity index (χ1n) is 10.0. The molecule has 0 aliphatic heterocycles. The number of aromatic nitrogens is 1. The van der Waals surface area contributed by atoms with Gasteiger partial charge in [0.2, 0.25) is 0 Å². The Bertz CT molecular complexity index is 1120. The fourth-order valence-corrected chi connectivity index (χ4v) is 3.74. The molecule has 4 rings (SSSR count). The first-order chi connectivity index (χ1) is 14.7. The second kappa shape index (κ2) is 9.70. The predicted molar refractivity (Wildman–Crippen MR) is 122 cm³/mol. The maximum atomic E-state index is 6.04. The van der Waals surface area contributed by atoms with Gasteiger partial charge in [0.15, 0.2) is 11.5 Å². The zero-order valence-corrected chi connectivity index (χ0v) is 17.7. The van der Waals surface area contributed by atoms with E-state index in [0.717, 1.165) is 42.1 Å². The van der Waals surface area contributed by atoms with Crippen LogP contribution in [-0.4, -0.2) is 18.6 Å². The van der Waals surface area contributed by atoms with E-state index in [1.807, 2.05) is 36.4 Å². The minimum Gasteiger partial charge on any atom is -0.493 e. The van der Waals surface area contributed by atoms with Crippen molar-refractivity contribution in [2.24, 2.45) is 0 Å². The number of ether oxygens (including phenoxy) is 2. The number of para-hydroxylation sites is 1. The summed E-state index contributed by atoms with van der Waals surface area (Å²) >= 11 is 6.04. The summed E-state index contributed by atoms with van der Waals surface area (Å²) in [5, 5.41) is 5.51. The van der Waals surface area contributed by atoms with E-state index >= 15 is 0 Å². The minimum atomic E-state index is 0.444. The van der Waals surface area contributed by atoms with Crippen molar-refractivity contribution in [3.05, 3.63) is 94.6 Å². The van der Waals surface area contributed by atoms with Gasteiger partial charge in [0.1, 0.15) is 6.61 Å². The Kier molecular flexibility index (Phi) is 6.57. The molecule has 4 nitrogen and oxygen atoms in total. The Morgan fingerprint density at radius 2 is 1.83 bits per heavy atom. The number of hydrogen-bond donors (Lipinski definition) is 2. The molecule has 0 amide bonds. The second-order valence-corrected chi connectivity index (χ2v) is 7.63. The third-order valence-corrected chi connectivity index (χ3v) is 5.32. The highest BCUT2D eigenvalue weighted by Crippen LogP contribution is 2.29. The number of H-pyrrole nitrogens is 1. The van der Waals surface area contributed by atoms with Crippen molar-refractivity contribution < 1.29 is 9.47 Å². The Balaban J connectivity index is 1.31. The zero-order valence-electron chi connectivity index (χ0n) is 17.0. The zero-order chi connectivity index (χ0) is 20.8. The number of halogens is 1. The molecule has 0 atom stereocenters.